The van der Waals surface area contributed by atoms with E-state index in [1.54, 1.807) is 0 Å². The van der Waals surface area contributed by atoms with Crippen molar-refractivity contribution in [2.45, 2.75) is 13.3 Å². The second-order valence-electron chi connectivity index (χ2n) is 3.23. The molecule has 0 aliphatic carbocycles. The predicted molar refractivity (Wildman–Crippen MR) is 70.3 cm³/mol. The lowest BCUT2D eigenvalue weighted by Gasteiger charge is -2.24. The molecule has 1 aromatic rings. The summed E-state index contributed by atoms with van der Waals surface area (Å²) >= 11 is 5.28. The van der Waals surface area contributed by atoms with Crippen molar-refractivity contribution in [2.75, 3.05) is 18.0 Å². The van der Waals surface area contributed by atoms with Gasteiger partial charge in [0.15, 0.2) is 5.11 Å². The van der Waals surface area contributed by atoms with Crippen molar-refractivity contribution in [1.82, 2.24) is 5.32 Å². The van der Waals surface area contributed by atoms with Gasteiger partial charge in [-0.3, -0.25) is 0 Å². The molecule has 0 amide bonds. The molecule has 0 aliphatic heterocycles. The number of rotatable bonds is 4. The largest absolute Gasteiger partial charge is 0.363 e. The quantitative estimate of drug-likeness (QED) is 0.810. The van der Waals surface area contributed by atoms with Crippen LogP contribution in [0.5, 0.6) is 0 Å². The van der Waals surface area contributed by atoms with Crippen LogP contribution in [0.15, 0.2) is 30.3 Å². The maximum Gasteiger partial charge on any atom is 0.173 e. The number of nitrogens with zero attached hydrogens (tertiary/aromatic N) is 2. The number of hydrogen-bond donors (Lipinski definition) is 1. The third-order valence-corrected chi connectivity index (χ3v) is 2.45. The fourth-order valence-corrected chi connectivity index (χ4v) is 1.71. The molecule has 0 aliphatic rings. The van der Waals surface area contributed by atoms with Gasteiger partial charge in [0.2, 0.25) is 0 Å². The molecule has 4 heteroatoms. The maximum atomic E-state index is 8.63. The van der Waals surface area contributed by atoms with E-state index in [1.807, 2.05) is 42.2 Å². The molecule has 0 fully saturated rings. The van der Waals surface area contributed by atoms with Gasteiger partial charge in [0.05, 0.1) is 12.5 Å². The Balaban J connectivity index is 2.79. The Kier molecular flexibility index (Phi) is 5.30. The molecule has 0 unspecified atom stereocenters. The summed E-state index contributed by atoms with van der Waals surface area (Å²) < 4.78 is 0. The molecule has 16 heavy (non-hydrogen) atoms. The normalized spacial score (nSPS) is 9.25. The van der Waals surface area contributed by atoms with Crippen LogP contribution in [0.1, 0.15) is 13.3 Å². The van der Waals surface area contributed by atoms with E-state index in [-0.39, 0.29) is 0 Å². The molecule has 1 N–H and O–H groups in total. The van der Waals surface area contributed by atoms with Gasteiger partial charge in [-0.1, -0.05) is 18.2 Å². The fourth-order valence-electron chi connectivity index (χ4n) is 1.36. The summed E-state index contributed by atoms with van der Waals surface area (Å²) in [6.45, 7) is 3.40. The first-order valence-corrected chi connectivity index (χ1v) is 5.67. The van der Waals surface area contributed by atoms with Crippen LogP contribution in [0.3, 0.4) is 0 Å². The number of benzene rings is 1. The lowest BCUT2D eigenvalue weighted by molar-refractivity contribution is 0.904. The van der Waals surface area contributed by atoms with Crippen molar-refractivity contribution in [3.63, 3.8) is 0 Å². The molecule has 1 aromatic carbocycles. The van der Waals surface area contributed by atoms with Crippen molar-refractivity contribution < 1.29 is 0 Å². The molecule has 1 rings (SSSR count). The van der Waals surface area contributed by atoms with Crippen LogP contribution in [-0.4, -0.2) is 18.2 Å². The Labute approximate surface area is 102 Å². The van der Waals surface area contributed by atoms with Gasteiger partial charge in [-0.05, 0) is 31.3 Å². The highest BCUT2D eigenvalue weighted by Gasteiger charge is 2.09. The molecule has 0 spiro atoms. The first kappa shape index (κ1) is 12.5. The van der Waals surface area contributed by atoms with Gasteiger partial charge in [0, 0.05) is 18.8 Å². The fraction of sp³-hybridized carbons (Fsp3) is 0.333. The van der Waals surface area contributed by atoms with Crippen LogP contribution in [0.4, 0.5) is 5.69 Å². The smallest absolute Gasteiger partial charge is 0.173 e. The summed E-state index contributed by atoms with van der Waals surface area (Å²) in [5.41, 5.74) is 1.02. The lowest BCUT2D eigenvalue weighted by Crippen LogP contribution is -2.40. The van der Waals surface area contributed by atoms with Crippen molar-refractivity contribution in [3.8, 4) is 6.07 Å². The second kappa shape index (κ2) is 6.81. The molecule has 0 atom stereocenters. The molecule has 0 saturated carbocycles. The average molecular weight is 233 g/mol. The van der Waals surface area contributed by atoms with Crippen LogP contribution >= 0.6 is 12.2 Å². The van der Waals surface area contributed by atoms with Gasteiger partial charge in [-0.2, -0.15) is 5.26 Å². The highest BCUT2D eigenvalue weighted by atomic mass is 32.1. The van der Waals surface area contributed by atoms with Gasteiger partial charge >= 0.3 is 0 Å². The summed E-state index contributed by atoms with van der Waals surface area (Å²) in [6, 6.07) is 12.0. The van der Waals surface area contributed by atoms with Crippen molar-refractivity contribution >= 4 is 23.0 Å². The summed E-state index contributed by atoms with van der Waals surface area (Å²) in [7, 11) is 0. The molecular formula is C12H15N3S. The van der Waals surface area contributed by atoms with E-state index in [0.717, 1.165) is 12.2 Å². The van der Waals surface area contributed by atoms with E-state index in [2.05, 4.69) is 11.4 Å². The number of hydrogen-bond acceptors (Lipinski definition) is 2. The third-order valence-electron chi connectivity index (χ3n) is 2.09. The Hall–Kier alpha value is -1.60. The minimum Gasteiger partial charge on any atom is -0.363 e. The van der Waals surface area contributed by atoms with Crippen LogP contribution < -0.4 is 10.2 Å². The first-order chi connectivity index (χ1) is 7.79. The van der Waals surface area contributed by atoms with Crippen molar-refractivity contribution in [3.05, 3.63) is 30.3 Å². The summed E-state index contributed by atoms with van der Waals surface area (Å²) in [6.07, 6.45) is 0.459. The number of thiocarbonyl (C=S) groups is 1. The van der Waals surface area contributed by atoms with Crippen LogP contribution in [0.25, 0.3) is 0 Å². The van der Waals surface area contributed by atoms with Gasteiger partial charge in [-0.15, -0.1) is 0 Å². The van der Waals surface area contributed by atoms with Crippen LogP contribution in [0.2, 0.25) is 0 Å². The molecule has 3 nitrogen and oxygen atoms in total. The average Bonchev–Trinajstić information content (AvgIpc) is 2.31. The Morgan fingerprint density at radius 3 is 2.69 bits per heavy atom. The topological polar surface area (TPSA) is 39.1 Å². The molecule has 0 aromatic heterocycles. The maximum absolute atomic E-state index is 8.63. The van der Waals surface area contributed by atoms with Gasteiger partial charge < -0.3 is 10.2 Å². The van der Waals surface area contributed by atoms with Crippen LogP contribution in [0, 0.1) is 11.3 Å². The zero-order chi connectivity index (χ0) is 11.8. The minimum atomic E-state index is 0.459. The number of nitrogens with one attached hydrogen (secondary N) is 1. The van der Waals surface area contributed by atoms with Crippen LogP contribution in [-0.2, 0) is 0 Å². The number of anilines is 1. The third kappa shape index (κ3) is 3.52. The standard InChI is InChI=1S/C12H15N3S/c1-2-14-12(16)15(10-6-9-13)11-7-4-3-5-8-11/h3-5,7-8H,2,6,10H2,1H3,(H,14,16). The van der Waals surface area contributed by atoms with Gasteiger partial charge in [-0.25, -0.2) is 0 Å². The molecule has 84 valence electrons. The van der Waals surface area contributed by atoms with E-state index in [4.69, 9.17) is 17.5 Å². The Morgan fingerprint density at radius 2 is 2.12 bits per heavy atom. The molecule has 0 radical (unpaired) electrons. The highest BCUT2D eigenvalue weighted by molar-refractivity contribution is 7.80. The summed E-state index contributed by atoms with van der Waals surface area (Å²) in [5.74, 6) is 0. The second-order valence-corrected chi connectivity index (χ2v) is 3.62. The van der Waals surface area contributed by atoms with Crippen molar-refractivity contribution in [1.29, 1.82) is 5.26 Å². The number of nitriles is 1. The molecule has 0 saturated heterocycles. The van der Waals surface area contributed by atoms with Gasteiger partial charge in [0.1, 0.15) is 0 Å². The first-order valence-electron chi connectivity index (χ1n) is 5.27. The van der Waals surface area contributed by atoms with E-state index in [9.17, 15) is 0 Å². The minimum absolute atomic E-state index is 0.459. The lowest BCUT2D eigenvalue weighted by atomic mass is 10.3. The van der Waals surface area contributed by atoms with Gasteiger partial charge in [0.25, 0.3) is 0 Å². The molecule has 0 bridgehead atoms. The molecule has 0 heterocycles. The zero-order valence-electron chi connectivity index (χ0n) is 9.31. The monoisotopic (exact) mass is 233 g/mol. The SMILES string of the molecule is CCNC(=S)N(CCC#N)c1ccccc1. The van der Waals surface area contributed by atoms with E-state index >= 15 is 0 Å². The Bertz CT molecular complexity index is 370. The van der Waals surface area contributed by atoms with E-state index < -0.39 is 0 Å². The van der Waals surface area contributed by atoms with Crippen molar-refractivity contribution in [2.24, 2.45) is 0 Å². The summed E-state index contributed by atoms with van der Waals surface area (Å²) in [4.78, 5) is 1.95. The zero-order valence-corrected chi connectivity index (χ0v) is 10.1. The molecular weight excluding hydrogens is 218 g/mol. The highest BCUT2D eigenvalue weighted by Crippen LogP contribution is 2.13. The predicted octanol–water partition coefficient (Wildman–Crippen LogP) is 2.30. The summed E-state index contributed by atoms with van der Waals surface area (Å²) in [5, 5.41) is 12.4. The number of para-hydroxylation sites is 1. The Morgan fingerprint density at radius 1 is 1.44 bits per heavy atom. The van der Waals surface area contributed by atoms with E-state index in [1.165, 1.54) is 0 Å². The van der Waals surface area contributed by atoms with E-state index in [0.29, 0.717) is 18.1 Å².